The van der Waals surface area contributed by atoms with Gasteiger partial charge in [0.05, 0.1) is 24.8 Å². The molecule has 1 aliphatic heterocycles. The molecule has 1 aromatic rings. The van der Waals surface area contributed by atoms with Gasteiger partial charge in [-0.1, -0.05) is 6.92 Å². The Morgan fingerprint density at radius 2 is 2.32 bits per heavy atom. The van der Waals surface area contributed by atoms with E-state index in [0.717, 1.165) is 16.7 Å². The van der Waals surface area contributed by atoms with E-state index >= 15 is 0 Å². The van der Waals surface area contributed by atoms with Gasteiger partial charge in [0.2, 0.25) is 5.91 Å². The second-order valence-corrected chi connectivity index (χ2v) is 5.42. The summed E-state index contributed by atoms with van der Waals surface area (Å²) in [4.78, 5) is 16.5. The van der Waals surface area contributed by atoms with E-state index in [1.807, 2.05) is 19.9 Å². The van der Waals surface area contributed by atoms with Gasteiger partial charge in [-0.15, -0.1) is 0 Å². The van der Waals surface area contributed by atoms with E-state index in [-0.39, 0.29) is 17.9 Å². The summed E-state index contributed by atoms with van der Waals surface area (Å²) in [6.07, 6.45) is 0. The number of rotatable bonds is 4. The number of carbonyl (C=O) groups is 1. The van der Waals surface area contributed by atoms with Gasteiger partial charge in [0, 0.05) is 10.5 Å². The zero-order valence-electron chi connectivity index (χ0n) is 11.1. The predicted octanol–water partition coefficient (Wildman–Crippen LogP) is 1.72. The van der Waals surface area contributed by atoms with Crippen LogP contribution in [0.25, 0.3) is 0 Å². The molecule has 0 aliphatic carbocycles. The van der Waals surface area contributed by atoms with Gasteiger partial charge in [-0.25, -0.2) is 4.98 Å². The highest BCUT2D eigenvalue weighted by Crippen LogP contribution is 2.19. The Morgan fingerprint density at radius 1 is 1.53 bits per heavy atom. The molecule has 0 bridgehead atoms. The second kappa shape index (κ2) is 6.45. The standard InChI is InChI=1S/C13H18BrN3O2/c1-3-15-11-7-19-6-9(11)13(18)17-12-5-4-10(14)8(2)16-12/h4-5,9,11,15H,3,6-7H2,1-2H3,(H,16,17,18). The second-order valence-electron chi connectivity index (χ2n) is 4.56. The van der Waals surface area contributed by atoms with Crippen molar-refractivity contribution < 1.29 is 9.53 Å². The Balaban J connectivity index is 2.02. The first-order valence-electron chi connectivity index (χ1n) is 6.37. The largest absolute Gasteiger partial charge is 0.379 e. The van der Waals surface area contributed by atoms with E-state index < -0.39 is 0 Å². The van der Waals surface area contributed by atoms with Crippen LogP contribution in [-0.2, 0) is 9.53 Å². The maximum atomic E-state index is 12.2. The summed E-state index contributed by atoms with van der Waals surface area (Å²) in [5.74, 6) is 0.372. The van der Waals surface area contributed by atoms with Gasteiger partial charge in [0.15, 0.2) is 0 Å². The van der Waals surface area contributed by atoms with E-state index in [1.54, 1.807) is 6.07 Å². The lowest BCUT2D eigenvalue weighted by atomic mass is 10.0. The smallest absolute Gasteiger partial charge is 0.232 e. The molecular weight excluding hydrogens is 310 g/mol. The summed E-state index contributed by atoms with van der Waals surface area (Å²) in [7, 11) is 0. The lowest BCUT2D eigenvalue weighted by Gasteiger charge is -2.17. The van der Waals surface area contributed by atoms with Crippen molar-refractivity contribution in [3.63, 3.8) is 0 Å². The van der Waals surface area contributed by atoms with Crippen LogP contribution < -0.4 is 10.6 Å². The van der Waals surface area contributed by atoms with Crippen LogP contribution in [0.15, 0.2) is 16.6 Å². The minimum atomic E-state index is -0.161. The van der Waals surface area contributed by atoms with E-state index in [2.05, 4.69) is 31.5 Å². The first-order valence-corrected chi connectivity index (χ1v) is 7.16. The number of amides is 1. The number of aryl methyl sites for hydroxylation is 1. The average molecular weight is 328 g/mol. The first-order chi connectivity index (χ1) is 9.11. The van der Waals surface area contributed by atoms with Crippen LogP contribution in [0.1, 0.15) is 12.6 Å². The summed E-state index contributed by atoms with van der Waals surface area (Å²) in [6, 6.07) is 3.75. The molecule has 0 radical (unpaired) electrons. The molecule has 2 unspecified atom stereocenters. The van der Waals surface area contributed by atoms with Crippen molar-refractivity contribution in [2.24, 2.45) is 5.92 Å². The Morgan fingerprint density at radius 3 is 3.00 bits per heavy atom. The number of nitrogens with one attached hydrogen (secondary N) is 2. The molecule has 2 N–H and O–H groups in total. The third-order valence-corrected chi connectivity index (χ3v) is 3.99. The third-order valence-electron chi connectivity index (χ3n) is 3.16. The van der Waals surface area contributed by atoms with E-state index in [9.17, 15) is 4.79 Å². The van der Waals surface area contributed by atoms with Crippen molar-refractivity contribution >= 4 is 27.7 Å². The summed E-state index contributed by atoms with van der Waals surface area (Å²) in [5.41, 5.74) is 0.851. The molecule has 1 fully saturated rings. The molecule has 1 saturated heterocycles. The molecule has 0 aromatic carbocycles. The van der Waals surface area contributed by atoms with Gasteiger partial charge >= 0.3 is 0 Å². The summed E-state index contributed by atoms with van der Waals surface area (Å²) < 4.78 is 6.30. The fourth-order valence-corrected chi connectivity index (χ4v) is 2.33. The fraction of sp³-hybridized carbons (Fsp3) is 0.538. The van der Waals surface area contributed by atoms with Crippen molar-refractivity contribution in [3.05, 3.63) is 22.3 Å². The van der Waals surface area contributed by atoms with Crippen LogP contribution in [0, 0.1) is 12.8 Å². The summed E-state index contributed by atoms with van der Waals surface area (Å²) >= 11 is 3.39. The first kappa shape index (κ1) is 14.4. The highest BCUT2D eigenvalue weighted by Gasteiger charge is 2.33. The molecule has 0 saturated carbocycles. The molecule has 104 valence electrons. The predicted molar refractivity (Wildman–Crippen MR) is 77.1 cm³/mol. The van der Waals surface area contributed by atoms with Gasteiger partial charge < -0.3 is 15.4 Å². The average Bonchev–Trinajstić information content (AvgIpc) is 2.83. The summed E-state index contributed by atoms with van der Waals surface area (Å²) in [6.45, 7) is 5.78. The van der Waals surface area contributed by atoms with Crippen LogP contribution in [0.3, 0.4) is 0 Å². The van der Waals surface area contributed by atoms with Crippen molar-refractivity contribution in [1.29, 1.82) is 0 Å². The zero-order valence-corrected chi connectivity index (χ0v) is 12.7. The number of hydrogen-bond donors (Lipinski definition) is 2. The number of nitrogens with zero attached hydrogens (tertiary/aromatic N) is 1. The quantitative estimate of drug-likeness (QED) is 0.883. The van der Waals surface area contributed by atoms with Gasteiger partial charge in [0.1, 0.15) is 5.82 Å². The van der Waals surface area contributed by atoms with Crippen LogP contribution in [-0.4, -0.2) is 36.7 Å². The monoisotopic (exact) mass is 327 g/mol. The molecule has 0 spiro atoms. The maximum Gasteiger partial charge on any atom is 0.232 e. The molecule has 19 heavy (non-hydrogen) atoms. The summed E-state index contributed by atoms with van der Waals surface area (Å²) in [5, 5.41) is 6.12. The van der Waals surface area contributed by atoms with E-state index in [0.29, 0.717) is 19.0 Å². The fourth-order valence-electron chi connectivity index (χ4n) is 2.11. The topological polar surface area (TPSA) is 63.2 Å². The normalized spacial score (nSPS) is 22.5. The number of aromatic nitrogens is 1. The number of hydrogen-bond acceptors (Lipinski definition) is 4. The van der Waals surface area contributed by atoms with E-state index in [1.165, 1.54) is 0 Å². The van der Waals surface area contributed by atoms with Crippen molar-refractivity contribution in [3.8, 4) is 0 Å². The van der Waals surface area contributed by atoms with Crippen LogP contribution in [0.5, 0.6) is 0 Å². The van der Waals surface area contributed by atoms with Gasteiger partial charge in [-0.05, 0) is 41.5 Å². The molecule has 2 heterocycles. The van der Waals surface area contributed by atoms with Gasteiger partial charge in [0.25, 0.3) is 0 Å². The molecule has 5 nitrogen and oxygen atoms in total. The SMILES string of the molecule is CCNC1COCC1C(=O)Nc1ccc(Br)c(C)n1. The van der Waals surface area contributed by atoms with Crippen LogP contribution >= 0.6 is 15.9 Å². The molecule has 2 atom stereocenters. The van der Waals surface area contributed by atoms with Crippen LogP contribution in [0.2, 0.25) is 0 Å². The molecule has 1 aliphatic rings. The molecular formula is C13H18BrN3O2. The van der Waals surface area contributed by atoms with Gasteiger partial charge in [-0.2, -0.15) is 0 Å². The number of anilines is 1. The molecule has 1 amide bonds. The van der Waals surface area contributed by atoms with Crippen molar-refractivity contribution in [2.75, 3.05) is 25.1 Å². The van der Waals surface area contributed by atoms with Crippen molar-refractivity contribution in [2.45, 2.75) is 19.9 Å². The Hall–Kier alpha value is -0.980. The Bertz CT molecular complexity index is 467. The third kappa shape index (κ3) is 3.52. The van der Waals surface area contributed by atoms with Crippen molar-refractivity contribution in [1.82, 2.24) is 10.3 Å². The zero-order chi connectivity index (χ0) is 13.8. The molecule has 1 aromatic heterocycles. The number of ether oxygens (including phenoxy) is 1. The van der Waals surface area contributed by atoms with E-state index in [4.69, 9.17) is 4.74 Å². The molecule has 6 heteroatoms. The minimum Gasteiger partial charge on any atom is -0.379 e. The molecule has 2 rings (SSSR count). The van der Waals surface area contributed by atoms with Crippen LogP contribution in [0.4, 0.5) is 5.82 Å². The highest BCUT2D eigenvalue weighted by atomic mass is 79.9. The highest BCUT2D eigenvalue weighted by molar-refractivity contribution is 9.10. The lowest BCUT2D eigenvalue weighted by molar-refractivity contribution is -0.120. The number of likely N-dealkylation sites (N-methyl/N-ethyl adjacent to an activating group) is 1. The Kier molecular flexibility index (Phi) is 4.90. The number of pyridine rings is 1. The maximum absolute atomic E-state index is 12.2. The minimum absolute atomic E-state index is 0.0438. The Labute approximate surface area is 121 Å². The number of halogens is 1. The number of carbonyl (C=O) groups excluding carboxylic acids is 1. The lowest BCUT2D eigenvalue weighted by Crippen LogP contribution is -2.41. The van der Waals surface area contributed by atoms with Gasteiger partial charge in [-0.3, -0.25) is 4.79 Å².